The molecule has 32 heavy (non-hydrogen) atoms. The maximum absolute atomic E-state index is 12.1. The molecular formula is C23H19ClN4O4. The number of hydrogen-bond donors (Lipinski definition) is 3. The number of hydrogen-bond acceptors (Lipinski definition) is 5. The van der Waals surface area contributed by atoms with Crippen LogP contribution in [0.15, 0.2) is 81.9 Å². The molecule has 0 saturated heterocycles. The predicted molar refractivity (Wildman–Crippen MR) is 119 cm³/mol. The summed E-state index contributed by atoms with van der Waals surface area (Å²) < 4.78 is 10.3. The lowest BCUT2D eigenvalue weighted by atomic mass is 10.1. The van der Waals surface area contributed by atoms with Crippen molar-refractivity contribution in [2.24, 2.45) is 0 Å². The summed E-state index contributed by atoms with van der Waals surface area (Å²) in [4.78, 5) is 24.2. The van der Waals surface area contributed by atoms with Crippen LogP contribution in [0, 0.1) is 0 Å². The third-order valence-electron chi connectivity index (χ3n) is 4.51. The van der Waals surface area contributed by atoms with Crippen molar-refractivity contribution in [2.45, 2.75) is 13.1 Å². The molecule has 0 atom stereocenters. The molecule has 0 radical (unpaired) electrons. The third kappa shape index (κ3) is 5.55. The Morgan fingerprint density at radius 1 is 0.938 bits per heavy atom. The van der Waals surface area contributed by atoms with E-state index < -0.39 is 0 Å². The second-order valence-corrected chi connectivity index (χ2v) is 7.29. The summed E-state index contributed by atoms with van der Waals surface area (Å²) in [6.45, 7) is 0.467. The Labute approximate surface area is 188 Å². The van der Waals surface area contributed by atoms with Crippen LogP contribution in [0.5, 0.6) is 0 Å². The lowest BCUT2D eigenvalue weighted by molar-refractivity contribution is 0.0996. The topological polar surface area (TPSA) is 109 Å². The van der Waals surface area contributed by atoms with E-state index in [0.717, 1.165) is 11.1 Å². The van der Waals surface area contributed by atoms with Crippen molar-refractivity contribution in [3.8, 4) is 11.3 Å². The van der Waals surface area contributed by atoms with E-state index in [9.17, 15) is 9.59 Å². The van der Waals surface area contributed by atoms with E-state index in [1.165, 1.54) is 6.26 Å². The van der Waals surface area contributed by atoms with Crippen LogP contribution < -0.4 is 16.0 Å². The lowest BCUT2D eigenvalue weighted by Gasteiger charge is -2.08. The molecule has 0 aliphatic heterocycles. The molecule has 3 amide bonds. The van der Waals surface area contributed by atoms with Crippen molar-refractivity contribution in [3.05, 3.63) is 95.1 Å². The second-order valence-electron chi connectivity index (χ2n) is 6.85. The first-order valence-electron chi connectivity index (χ1n) is 9.74. The van der Waals surface area contributed by atoms with Crippen LogP contribution in [-0.4, -0.2) is 17.1 Å². The summed E-state index contributed by atoms with van der Waals surface area (Å²) in [5.74, 6) is 0.398. The molecule has 2 aromatic carbocycles. The number of halogens is 1. The van der Waals surface area contributed by atoms with Gasteiger partial charge in [-0.15, -0.1) is 0 Å². The van der Waals surface area contributed by atoms with Gasteiger partial charge in [0.05, 0.1) is 12.8 Å². The second kappa shape index (κ2) is 9.84. The minimum atomic E-state index is -0.362. The number of furan rings is 1. The zero-order valence-electron chi connectivity index (χ0n) is 16.8. The largest absolute Gasteiger partial charge is 0.459 e. The normalized spacial score (nSPS) is 10.5. The molecule has 0 unspecified atom stereocenters. The van der Waals surface area contributed by atoms with Crippen LogP contribution in [0.3, 0.4) is 0 Å². The maximum Gasteiger partial charge on any atom is 0.315 e. The summed E-state index contributed by atoms with van der Waals surface area (Å²) in [7, 11) is 0. The number of rotatable bonds is 7. The van der Waals surface area contributed by atoms with Crippen molar-refractivity contribution in [1.82, 2.24) is 15.8 Å². The van der Waals surface area contributed by atoms with Gasteiger partial charge in [0, 0.05) is 28.9 Å². The number of anilines is 1. The van der Waals surface area contributed by atoms with Gasteiger partial charge < -0.3 is 24.9 Å². The first-order chi connectivity index (χ1) is 15.6. The fourth-order valence-corrected chi connectivity index (χ4v) is 3.05. The Kier molecular flexibility index (Phi) is 6.52. The summed E-state index contributed by atoms with van der Waals surface area (Å²) in [5.41, 5.74) is 2.95. The van der Waals surface area contributed by atoms with Gasteiger partial charge >= 0.3 is 6.03 Å². The quantitative estimate of drug-likeness (QED) is 0.373. The Balaban J connectivity index is 1.25. The van der Waals surface area contributed by atoms with E-state index in [4.69, 9.17) is 20.5 Å². The third-order valence-corrected chi connectivity index (χ3v) is 4.76. The molecule has 0 bridgehead atoms. The fourth-order valence-electron chi connectivity index (χ4n) is 2.92. The van der Waals surface area contributed by atoms with Gasteiger partial charge in [-0.3, -0.25) is 4.79 Å². The summed E-state index contributed by atoms with van der Waals surface area (Å²) in [6.07, 6.45) is 1.44. The van der Waals surface area contributed by atoms with Crippen LogP contribution in [0.25, 0.3) is 11.3 Å². The average molecular weight is 451 g/mol. The SMILES string of the molecule is O=C(NCc1cccc(NC(=O)c2ccco2)c1)NCc1cc(-c2ccc(Cl)cc2)no1. The average Bonchev–Trinajstić information content (AvgIpc) is 3.50. The van der Waals surface area contributed by atoms with Crippen molar-refractivity contribution < 1.29 is 18.5 Å². The molecule has 4 rings (SSSR count). The van der Waals surface area contributed by atoms with E-state index in [2.05, 4.69) is 21.1 Å². The first kappa shape index (κ1) is 21.2. The maximum atomic E-state index is 12.1. The molecule has 162 valence electrons. The number of benzene rings is 2. The summed E-state index contributed by atoms with van der Waals surface area (Å²) in [5, 5.41) is 12.9. The zero-order valence-corrected chi connectivity index (χ0v) is 17.6. The smallest absolute Gasteiger partial charge is 0.315 e. The van der Waals surface area contributed by atoms with E-state index >= 15 is 0 Å². The van der Waals surface area contributed by atoms with Gasteiger partial charge in [-0.1, -0.05) is 41.0 Å². The highest BCUT2D eigenvalue weighted by molar-refractivity contribution is 6.30. The van der Waals surface area contributed by atoms with Gasteiger partial charge in [0.25, 0.3) is 5.91 Å². The number of nitrogens with one attached hydrogen (secondary N) is 3. The van der Waals surface area contributed by atoms with Gasteiger partial charge in [-0.05, 0) is 42.0 Å². The van der Waals surface area contributed by atoms with Gasteiger partial charge in [0.15, 0.2) is 11.5 Å². The number of aromatic nitrogens is 1. The molecule has 2 heterocycles. The Morgan fingerprint density at radius 2 is 1.75 bits per heavy atom. The number of amides is 3. The van der Waals surface area contributed by atoms with Crippen LogP contribution in [0.4, 0.5) is 10.5 Å². The number of carbonyl (C=O) groups is 2. The van der Waals surface area contributed by atoms with Crippen LogP contribution in [-0.2, 0) is 13.1 Å². The molecule has 0 fully saturated rings. The van der Waals surface area contributed by atoms with Gasteiger partial charge in [0.1, 0.15) is 5.69 Å². The minimum Gasteiger partial charge on any atom is -0.459 e. The van der Waals surface area contributed by atoms with Crippen LogP contribution in [0.1, 0.15) is 21.9 Å². The van der Waals surface area contributed by atoms with E-state index in [1.807, 2.05) is 18.2 Å². The van der Waals surface area contributed by atoms with E-state index in [-0.39, 0.29) is 30.8 Å². The number of nitrogens with zero attached hydrogens (tertiary/aromatic N) is 1. The summed E-state index contributed by atoms with van der Waals surface area (Å²) in [6, 6.07) is 19.0. The molecule has 0 saturated carbocycles. The van der Waals surface area contributed by atoms with Gasteiger partial charge in [-0.2, -0.15) is 0 Å². The molecule has 0 aliphatic carbocycles. The monoisotopic (exact) mass is 450 g/mol. The standard InChI is InChI=1S/C23H19ClN4O4/c24-17-8-6-16(7-9-17)20-12-19(32-28-20)14-26-23(30)25-13-15-3-1-4-18(11-15)27-22(29)21-5-2-10-31-21/h1-12H,13-14H2,(H,27,29)(H2,25,26,30). The highest BCUT2D eigenvalue weighted by atomic mass is 35.5. The van der Waals surface area contributed by atoms with Crippen LogP contribution >= 0.6 is 11.6 Å². The zero-order chi connectivity index (χ0) is 22.3. The number of carbonyl (C=O) groups excluding carboxylic acids is 2. The Hall–Kier alpha value is -4.04. The van der Waals surface area contributed by atoms with E-state index in [0.29, 0.717) is 22.2 Å². The summed E-state index contributed by atoms with van der Waals surface area (Å²) >= 11 is 5.89. The number of urea groups is 1. The van der Waals surface area contributed by atoms with Crippen molar-refractivity contribution in [3.63, 3.8) is 0 Å². The molecule has 0 spiro atoms. The molecule has 9 heteroatoms. The molecule has 2 aromatic heterocycles. The fraction of sp³-hybridized carbons (Fsp3) is 0.0870. The molecule has 4 aromatic rings. The van der Waals surface area contributed by atoms with Gasteiger partial charge in [0.2, 0.25) is 0 Å². The molecule has 3 N–H and O–H groups in total. The minimum absolute atomic E-state index is 0.186. The molecule has 8 nitrogen and oxygen atoms in total. The van der Waals surface area contributed by atoms with E-state index in [1.54, 1.807) is 48.5 Å². The van der Waals surface area contributed by atoms with Crippen molar-refractivity contribution >= 4 is 29.2 Å². The Morgan fingerprint density at radius 3 is 2.53 bits per heavy atom. The van der Waals surface area contributed by atoms with Crippen molar-refractivity contribution in [2.75, 3.05) is 5.32 Å². The molecular weight excluding hydrogens is 432 g/mol. The van der Waals surface area contributed by atoms with Crippen LogP contribution in [0.2, 0.25) is 5.02 Å². The predicted octanol–water partition coefficient (Wildman–Crippen LogP) is 4.84. The van der Waals surface area contributed by atoms with Gasteiger partial charge in [-0.25, -0.2) is 4.79 Å². The highest BCUT2D eigenvalue weighted by Crippen LogP contribution is 2.21. The molecule has 0 aliphatic rings. The van der Waals surface area contributed by atoms with Crippen molar-refractivity contribution in [1.29, 1.82) is 0 Å². The lowest BCUT2D eigenvalue weighted by Crippen LogP contribution is -2.34. The highest BCUT2D eigenvalue weighted by Gasteiger charge is 2.10. The first-order valence-corrected chi connectivity index (χ1v) is 10.1. The Bertz CT molecular complexity index is 1200.